The molecular weight excluding hydrogens is 348 g/mol. The van der Waals surface area contributed by atoms with Crippen LogP contribution in [0.4, 0.5) is 0 Å². The Labute approximate surface area is 147 Å². The third kappa shape index (κ3) is 4.70. The summed E-state index contributed by atoms with van der Waals surface area (Å²) in [7, 11) is 0.229. The Morgan fingerprint density at radius 3 is 2.36 bits per heavy atom. The van der Waals surface area contributed by atoms with Crippen LogP contribution in [0.2, 0.25) is 0 Å². The van der Waals surface area contributed by atoms with Crippen LogP contribution in [0.25, 0.3) is 0 Å². The molecule has 0 radical (unpaired) electrons. The molecule has 0 aliphatic carbocycles. The van der Waals surface area contributed by atoms with E-state index in [1.54, 1.807) is 6.92 Å². The number of nitrogens with one attached hydrogen (secondary N) is 1. The number of carbonyl (C=O) groups excluding carboxylic acids is 1. The van der Waals surface area contributed by atoms with E-state index in [1.165, 1.54) is 39.4 Å². The first-order valence-electron chi connectivity index (χ1n) is 7.70. The molecule has 140 valence electrons. The van der Waals surface area contributed by atoms with Gasteiger partial charge in [-0.1, -0.05) is 20.3 Å². The van der Waals surface area contributed by atoms with Crippen LogP contribution in [-0.2, 0) is 14.8 Å². The molecule has 0 fully saturated rings. The van der Waals surface area contributed by atoms with E-state index >= 15 is 0 Å². The maximum Gasteiger partial charge on any atom is 0.326 e. The van der Waals surface area contributed by atoms with Gasteiger partial charge in [-0.2, -0.15) is 0 Å². The van der Waals surface area contributed by atoms with Gasteiger partial charge < -0.3 is 15.2 Å². The van der Waals surface area contributed by atoms with E-state index in [-0.39, 0.29) is 22.1 Å². The van der Waals surface area contributed by atoms with E-state index in [9.17, 15) is 23.1 Å². The largest absolute Gasteiger partial charge is 0.495 e. The Bertz CT molecular complexity index is 745. The fourth-order valence-electron chi connectivity index (χ4n) is 2.12. The summed E-state index contributed by atoms with van der Waals surface area (Å²) in [5, 5.41) is 11.7. The number of carboxylic acids is 1. The van der Waals surface area contributed by atoms with Crippen molar-refractivity contribution < 1.29 is 27.9 Å². The minimum absolute atomic E-state index is 0.0378. The predicted molar refractivity (Wildman–Crippen MR) is 92.2 cm³/mol. The smallest absolute Gasteiger partial charge is 0.326 e. The van der Waals surface area contributed by atoms with E-state index in [4.69, 9.17) is 4.74 Å². The van der Waals surface area contributed by atoms with Crippen molar-refractivity contribution in [3.05, 3.63) is 23.8 Å². The molecule has 0 bridgehead atoms. The molecule has 0 heterocycles. The molecule has 0 saturated carbocycles. The van der Waals surface area contributed by atoms with Gasteiger partial charge in [0, 0.05) is 19.7 Å². The van der Waals surface area contributed by atoms with Crippen molar-refractivity contribution in [2.75, 3.05) is 21.2 Å². The molecule has 2 unspecified atom stereocenters. The summed E-state index contributed by atoms with van der Waals surface area (Å²) in [4.78, 5) is 23.6. The third-order valence-electron chi connectivity index (χ3n) is 3.95. The highest BCUT2D eigenvalue weighted by Gasteiger charge is 2.28. The molecule has 8 nitrogen and oxygen atoms in total. The number of carboxylic acid groups (broad SMARTS) is 1. The molecular formula is C16H24N2O6S. The fraction of sp³-hybridized carbons (Fsp3) is 0.500. The van der Waals surface area contributed by atoms with Gasteiger partial charge in [0.1, 0.15) is 16.7 Å². The maximum absolute atomic E-state index is 12.4. The molecule has 0 aromatic heterocycles. The highest BCUT2D eigenvalue weighted by atomic mass is 32.2. The Balaban J connectivity index is 3.26. The number of nitrogens with zero attached hydrogens (tertiary/aromatic N) is 1. The molecule has 0 saturated heterocycles. The van der Waals surface area contributed by atoms with E-state index in [2.05, 4.69) is 5.32 Å². The molecule has 1 aromatic carbocycles. The van der Waals surface area contributed by atoms with Crippen LogP contribution in [0.5, 0.6) is 5.75 Å². The second-order valence-corrected chi connectivity index (χ2v) is 7.95. The Morgan fingerprint density at radius 1 is 1.32 bits per heavy atom. The van der Waals surface area contributed by atoms with Crippen LogP contribution >= 0.6 is 0 Å². The summed E-state index contributed by atoms with van der Waals surface area (Å²) >= 11 is 0. The van der Waals surface area contributed by atoms with Crippen LogP contribution < -0.4 is 10.1 Å². The van der Waals surface area contributed by atoms with Gasteiger partial charge in [0.25, 0.3) is 5.91 Å². The Hall–Kier alpha value is -2.13. The summed E-state index contributed by atoms with van der Waals surface area (Å²) in [6.45, 7) is 3.54. The van der Waals surface area contributed by atoms with Gasteiger partial charge >= 0.3 is 5.97 Å². The molecule has 25 heavy (non-hydrogen) atoms. The monoisotopic (exact) mass is 372 g/mol. The van der Waals surface area contributed by atoms with Crippen molar-refractivity contribution in [2.45, 2.75) is 31.2 Å². The predicted octanol–water partition coefficient (Wildman–Crippen LogP) is 1.17. The Kier molecular flexibility index (Phi) is 6.95. The summed E-state index contributed by atoms with van der Waals surface area (Å²) in [6, 6.07) is 2.87. The standard InChI is InChI=1S/C16H24N2O6S/c1-6-10(2)14(16(20)21)17-15(19)11-7-8-12(24-5)13(9-11)25(22,23)18(3)4/h7-10,14H,6H2,1-5H3,(H,17,19)(H,20,21). The SMILES string of the molecule is CCC(C)C(NC(=O)c1ccc(OC)c(S(=O)(=O)N(C)C)c1)C(=O)O. The zero-order chi connectivity index (χ0) is 19.4. The molecule has 1 rings (SSSR count). The first-order chi connectivity index (χ1) is 11.6. The number of benzene rings is 1. The van der Waals surface area contributed by atoms with Crippen LogP contribution in [0.15, 0.2) is 23.1 Å². The highest BCUT2D eigenvalue weighted by molar-refractivity contribution is 7.89. The number of hydrogen-bond donors (Lipinski definition) is 2. The first kappa shape index (κ1) is 20.9. The van der Waals surface area contributed by atoms with Gasteiger partial charge in [0.15, 0.2) is 0 Å². The van der Waals surface area contributed by atoms with Crippen LogP contribution in [0.3, 0.4) is 0 Å². The lowest BCUT2D eigenvalue weighted by Crippen LogP contribution is -2.45. The minimum Gasteiger partial charge on any atom is -0.495 e. The lowest BCUT2D eigenvalue weighted by molar-refractivity contribution is -0.140. The van der Waals surface area contributed by atoms with Gasteiger partial charge in [-0.25, -0.2) is 17.5 Å². The number of amides is 1. The van der Waals surface area contributed by atoms with E-state index in [1.807, 2.05) is 6.92 Å². The number of hydrogen-bond acceptors (Lipinski definition) is 5. The zero-order valence-corrected chi connectivity index (χ0v) is 15.8. The summed E-state index contributed by atoms with van der Waals surface area (Å²) in [6.07, 6.45) is 0.570. The van der Waals surface area contributed by atoms with Crippen molar-refractivity contribution in [3.63, 3.8) is 0 Å². The van der Waals surface area contributed by atoms with Crippen molar-refractivity contribution >= 4 is 21.9 Å². The first-order valence-corrected chi connectivity index (χ1v) is 9.14. The lowest BCUT2D eigenvalue weighted by atomic mass is 9.99. The van der Waals surface area contributed by atoms with E-state index in [0.717, 1.165) is 4.31 Å². The Morgan fingerprint density at radius 2 is 1.92 bits per heavy atom. The molecule has 0 aliphatic rings. The van der Waals surface area contributed by atoms with Crippen LogP contribution in [0.1, 0.15) is 30.6 Å². The zero-order valence-electron chi connectivity index (χ0n) is 14.9. The molecule has 9 heteroatoms. The normalized spacial score (nSPS) is 14.0. The maximum atomic E-state index is 12.4. The molecule has 0 aliphatic heterocycles. The number of ether oxygens (including phenoxy) is 1. The highest BCUT2D eigenvalue weighted by Crippen LogP contribution is 2.27. The van der Waals surface area contributed by atoms with E-state index in [0.29, 0.717) is 6.42 Å². The second kappa shape index (κ2) is 8.30. The topological polar surface area (TPSA) is 113 Å². The van der Waals surface area contributed by atoms with Crippen LogP contribution in [0, 0.1) is 5.92 Å². The average molecular weight is 372 g/mol. The summed E-state index contributed by atoms with van der Waals surface area (Å²) in [5.74, 6) is -1.98. The van der Waals surface area contributed by atoms with Gasteiger partial charge in [-0.15, -0.1) is 0 Å². The molecule has 1 amide bonds. The van der Waals surface area contributed by atoms with Crippen molar-refractivity contribution in [1.29, 1.82) is 0 Å². The number of aliphatic carboxylic acids is 1. The number of methoxy groups -OCH3 is 1. The van der Waals surface area contributed by atoms with Crippen molar-refractivity contribution in [3.8, 4) is 5.75 Å². The molecule has 0 spiro atoms. The van der Waals surface area contributed by atoms with Crippen molar-refractivity contribution in [2.24, 2.45) is 5.92 Å². The number of carbonyl (C=O) groups is 2. The van der Waals surface area contributed by atoms with Gasteiger partial charge in [0.2, 0.25) is 10.0 Å². The fourth-order valence-corrected chi connectivity index (χ4v) is 3.20. The lowest BCUT2D eigenvalue weighted by Gasteiger charge is -2.20. The van der Waals surface area contributed by atoms with Crippen molar-refractivity contribution in [1.82, 2.24) is 9.62 Å². The number of rotatable bonds is 8. The molecule has 2 N–H and O–H groups in total. The van der Waals surface area contributed by atoms with Crippen LogP contribution in [-0.4, -0.2) is 57.0 Å². The second-order valence-electron chi connectivity index (χ2n) is 5.83. The average Bonchev–Trinajstić information content (AvgIpc) is 2.57. The summed E-state index contributed by atoms with van der Waals surface area (Å²) < 4.78 is 30.8. The van der Waals surface area contributed by atoms with Gasteiger partial charge in [0.05, 0.1) is 7.11 Å². The molecule has 1 aromatic rings. The number of sulfonamides is 1. The van der Waals surface area contributed by atoms with E-state index < -0.39 is 27.9 Å². The molecule has 2 atom stereocenters. The third-order valence-corrected chi connectivity index (χ3v) is 5.79. The minimum atomic E-state index is -3.83. The van der Waals surface area contributed by atoms with Gasteiger partial charge in [-0.3, -0.25) is 4.79 Å². The quantitative estimate of drug-likeness (QED) is 0.708. The summed E-state index contributed by atoms with van der Waals surface area (Å²) in [5.41, 5.74) is 0.0378. The van der Waals surface area contributed by atoms with Gasteiger partial charge in [-0.05, 0) is 24.1 Å².